The first-order valence-corrected chi connectivity index (χ1v) is 6.02. The van der Waals surface area contributed by atoms with Crippen LogP contribution in [0.4, 0.5) is 0 Å². The Balaban J connectivity index is 0.000000258. The highest BCUT2D eigenvalue weighted by molar-refractivity contribution is 6.27. The maximum atomic E-state index is 9.10. The topological polar surface area (TPSA) is 99.4 Å². The van der Waals surface area contributed by atoms with Crippen molar-refractivity contribution in [2.75, 3.05) is 26.2 Å². The molecule has 0 aromatic heterocycles. The molecule has 3 saturated heterocycles. The number of piperidine rings is 3. The number of carboxylic acids is 2. The van der Waals surface area contributed by atoms with Gasteiger partial charge in [0.1, 0.15) is 6.61 Å². The number of hydrogen-bond acceptors (Lipinski definition) is 5. The second kappa shape index (κ2) is 7.52. The van der Waals surface area contributed by atoms with Crippen LogP contribution in [-0.2, 0) is 14.4 Å². The van der Waals surface area contributed by atoms with Crippen molar-refractivity contribution >= 4 is 17.7 Å². The van der Waals surface area contributed by atoms with Crippen LogP contribution < -0.4 is 0 Å². The normalized spacial score (nSPS) is 26.2. The van der Waals surface area contributed by atoms with E-state index in [-0.39, 0.29) is 0 Å². The van der Waals surface area contributed by atoms with Gasteiger partial charge in [-0.15, -0.1) is 0 Å². The zero-order chi connectivity index (χ0) is 14.3. The maximum absolute atomic E-state index is 9.10. The third-order valence-electron chi connectivity index (χ3n) is 3.00. The van der Waals surface area contributed by atoms with E-state index < -0.39 is 11.9 Å². The lowest BCUT2D eigenvalue weighted by Gasteiger charge is -2.39. The fraction of sp³-hybridized carbons (Fsp3) is 0.583. The first kappa shape index (κ1) is 15.2. The minimum Gasteiger partial charge on any atom is -0.473 e. The lowest BCUT2D eigenvalue weighted by Crippen LogP contribution is -2.47. The molecule has 19 heavy (non-hydrogen) atoms. The van der Waals surface area contributed by atoms with Gasteiger partial charge in [-0.2, -0.15) is 0 Å². The average Bonchev–Trinajstić information content (AvgIpc) is 2.41. The molecule has 3 rings (SSSR count). The van der Waals surface area contributed by atoms with Crippen molar-refractivity contribution in [3.63, 3.8) is 0 Å². The lowest BCUT2D eigenvalue weighted by atomic mass is 9.87. The van der Waals surface area contributed by atoms with Crippen LogP contribution in [0.25, 0.3) is 0 Å². The Hall–Kier alpha value is -1.89. The van der Waals surface area contributed by atoms with Gasteiger partial charge >= 0.3 is 11.9 Å². The van der Waals surface area contributed by atoms with Crippen molar-refractivity contribution in [1.82, 2.24) is 4.90 Å². The molecule has 7 nitrogen and oxygen atoms in total. The van der Waals surface area contributed by atoms with Crippen molar-refractivity contribution in [2.24, 2.45) is 11.1 Å². The van der Waals surface area contributed by atoms with E-state index in [4.69, 9.17) is 24.6 Å². The van der Waals surface area contributed by atoms with Crippen LogP contribution in [0.3, 0.4) is 0 Å². The minimum atomic E-state index is -1.82. The molecule has 0 unspecified atom stereocenters. The molecule has 0 amide bonds. The Kier molecular flexibility index (Phi) is 6.01. The predicted octanol–water partition coefficient (Wildman–Crippen LogP) is 0.426. The average molecular weight is 270 g/mol. The van der Waals surface area contributed by atoms with Crippen LogP contribution in [0.5, 0.6) is 0 Å². The fourth-order valence-electron chi connectivity index (χ4n) is 2.06. The summed E-state index contributed by atoms with van der Waals surface area (Å²) in [5.74, 6) is -2.96. The summed E-state index contributed by atoms with van der Waals surface area (Å²) in [5.41, 5.74) is 1.24. The maximum Gasteiger partial charge on any atom is 0.414 e. The summed E-state index contributed by atoms with van der Waals surface area (Å²) in [6.07, 6.45) is 4.25. The van der Waals surface area contributed by atoms with Crippen LogP contribution in [0, 0.1) is 5.92 Å². The van der Waals surface area contributed by atoms with Crippen molar-refractivity contribution < 1.29 is 24.6 Å². The molecule has 7 heteroatoms. The molecular formula is C12H18N2O5. The van der Waals surface area contributed by atoms with Crippen LogP contribution in [0.1, 0.15) is 12.8 Å². The summed E-state index contributed by atoms with van der Waals surface area (Å²) in [7, 11) is 0. The third kappa shape index (κ3) is 5.09. The van der Waals surface area contributed by atoms with E-state index >= 15 is 0 Å². The van der Waals surface area contributed by atoms with Crippen molar-refractivity contribution in [1.29, 1.82) is 0 Å². The number of oxime groups is 1. The number of aliphatic carboxylic acids is 2. The van der Waals surface area contributed by atoms with E-state index in [0.717, 1.165) is 6.54 Å². The van der Waals surface area contributed by atoms with Crippen LogP contribution >= 0.6 is 0 Å². The Labute approximate surface area is 111 Å². The van der Waals surface area contributed by atoms with E-state index in [9.17, 15) is 0 Å². The monoisotopic (exact) mass is 270 g/mol. The first-order chi connectivity index (χ1) is 9.04. The Morgan fingerprint density at radius 2 is 1.95 bits per heavy atom. The summed E-state index contributed by atoms with van der Waals surface area (Å²) < 4.78 is 0. The molecule has 3 aliphatic rings. The number of carboxylic acid groups (broad SMARTS) is 2. The van der Waals surface area contributed by atoms with Gasteiger partial charge in [0, 0.05) is 12.5 Å². The zero-order valence-electron chi connectivity index (χ0n) is 10.6. The molecule has 0 aromatic rings. The van der Waals surface area contributed by atoms with Crippen LogP contribution in [0.15, 0.2) is 17.8 Å². The molecule has 0 aliphatic carbocycles. The van der Waals surface area contributed by atoms with E-state index in [1.54, 1.807) is 6.08 Å². The molecule has 0 saturated carbocycles. The third-order valence-corrected chi connectivity index (χ3v) is 3.00. The molecule has 106 valence electrons. The van der Waals surface area contributed by atoms with E-state index in [1.165, 1.54) is 31.6 Å². The molecular weight excluding hydrogens is 252 g/mol. The number of rotatable bonds is 3. The molecule has 0 atom stereocenters. The summed E-state index contributed by atoms with van der Waals surface area (Å²) in [6, 6.07) is 0. The molecule has 0 aromatic carbocycles. The van der Waals surface area contributed by atoms with Gasteiger partial charge in [0.25, 0.3) is 0 Å². The quantitative estimate of drug-likeness (QED) is 0.334. The molecule has 3 heterocycles. The van der Waals surface area contributed by atoms with Crippen molar-refractivity contribution in [3.8, 4) is 0 Å². The Morgan fingerprint density at radius 1 is 1.37 bits per heavy atom. The van der Waals surface area contributed by atoms with Crippen molar-refractivity contribution in [2.45, 2.75) is 12.8 Å². The minimum absolute atomic E-state index is 0.524. The van der Waals surface area contributed by atoms with E-state index in [0.29, 0.717) is 12.5 Å². The van der Waals surface area contributed by atoms with Gasteiger partial charge in [0.2, 0.25) is 0 Å². The first-order valence-electron chi connectivity index (χ1n) is 6.02. The largest absolute Gasteiger partial charge is 0.473 e. The van der Waals surface area contributed by atoms with Crippen LogP contribution in [0.2, 0.25) is 0 Å². The summed E-state index contributed by atoms with van der Waals surface area (Å²) in [5, 5.41) is 18.9. The number of hydrogen-bond donors (Lipinski definition) is 2. The molecule has 2 N–H and O–H groups in total. The Morgan fingerprint density at radius 3 is 2.32 bits per heavy atom. The SMILES string of the molecule is C=CCON=C1CN2CCC1CC2.O=C(O)C(=O)O. The van der Waals surface area contributed by atoms with E-state index in [2.05, 4.69) is 16.6 Å². The van der Waals surface area contributed by atoms with Crippen molar-refractivity contribution in [3.05, 3.63) is 12.7 Å². The zero-order valence-corrected chi connectivity index (χ0v) is 10.6. The van der Waals surface area contributed by atoms with E-state index in [1.807, 2.05) is 0 Å². The smallest absolute Gasteiger partial charge is 0.414 e. The number of nitrogens with zero attached hydrogens (tertiary/aromatic N) is 2. The van der Waals surface area contributed by atoms with Gasteiger partial charge in [-0.05, 0) is 25.9 Å². The highest BCUT2D eigenvalue weighted by Gasteiger charge is 2.31. The van der Waals surface area contributed by atoms with Crippen LogP contribution in [-0.4, -0.2) is 59.0 Å². The highest BCUT2D eigenvalue weighted by Crippen LogP contribution is 2.25. The van der Waals surface area contributed by atoms with Gasteiger partial charge in [-0.1, -0.05) is 17.8 Å². The highest BCUT2D eigenvalue weighted by atomic mass is 16.6. The van der Waals surface area contributed by atoms with Gasteiger partial charge in [0.15, 0.2) is 0 Å². The molecule has 0 spiro atoms. The predicted molar refractivity (Wildman–Crippen MR) is 68.0 cm³/mol. The second-order valence-electron chi connectivity index (χ2n) is 4.33. The number of carbonyl (C=O) groups is 2. The summed E-state index contributed by atoms with van der Waals surface area (Å²) >= 11 is 0. The van der Waals surface area contributed by atoms with Gasteiger partial charge in [-0.3, -0.25) is 4.90 Å². The molecule has 2 bridgehead atoms. The summed E-state index contributed by atoms with van der Waals surface area (Å²) in [4.78, 5) is 25.8. The molecule has 3 aliphatic heterocycles. The Bertz CT molecular complexity index is 360. The molecule has 3 fully saturated rings. The standard InChI is InChI=1S/C10H16N2O.C2H2O4/c1-2-7-13-11-10-8-12-5-3-9(10)4-6-12;3-1(4)2(5)6/h2,9H,1,3-8H2;(H,3,4)(H,5,6). The lowest BCUT2D eigenvalue weighted by molar-refractivity contribution is -0.159. The number of fused-ring (bicyclic) bond motifs is 3. The molecule has 0 radical (unpaired) electrons. The summed E-state index contributed by atoms with van der Waals surface area (Å²) in [6.45, 7) is 7.61. The second-order valence-corrected chi connectivity index (χ2v) is 4.33. The van der Waals surface area contributed by atoms with Gasteiger partial charge in [-0.25, -0.2) is 9.59 Å². The van der Waals surface area contributed by atoms with Gasteiger partial charge in [0.05, 0.1) is 5.71 Å². The fourth-order valence-corrected chi connectivity index (χ4v) is 2.06. The van der Waals surface area contributed by atoms with Gasteiger partial charge < -0.3 is 15.1 Å².